The van der Waals surface area contributed by atoms with Crippen molar-refractivity contribution in [3.63, 3.8) is 0 Å². The lowest BCUT2D eigenvalue weighted by Crippen LogP contribution is -2.26. The third-order valence-electron chi connectivity index (χ3n) is 2.58. The smallest absolute Gasteiger partial charge is 0.253 e. The fourth-order valence-electron chi connectivity index (χ4n) is 1.61. The van der Waals surface area contributed by atoms with E-state index in [1.165, 1.54) is 0 Å². The second-order valence-electron chi connectivity index (χ2n) is 3.94. The van der Waals surface area contributed by atoms with Crippen LogP contribution < -0.4 is 11.1 Å². The lowest BCUT2D eigenvalue weighted by molar-refractivity contribution is 0.0941. The van der Waals surface area contributed by atoms with Gasteiger partial charge in [0.15, 0.2) is 0 Å². The van der Waals surface area contributed by atoms with Gasteiger partial charge in [0.05, 0.1) is 11.6 Å². The van der Waals surface area contributed by atoms with Gasteiger partial charge in [-0.25, -0.2) is 0 Å². The van der Waals surface area contributed by atoms with Crippen LogP contribution in [0.2, 0.25) is 5.02 Å². The molecule has 0 aliphatic carbocycles. The zero-order valence-electron chi connectivity index (χ0n) is 9.81. The van der Waals surface area contributed by atoms with Crippen LogP contribution in [0.1, 0.15) is 28.2 Å². The van der Waals surface area contributed by atoms with Crippen molar-refractivity contribution in [1.29, 1.82) is 0 Å². The highest BCUT2D eigenvalue weighted by molar-refractivity contribution is 7.10. The number of nitrogens with two attached hydrogens (primary N) is 1. The molecule has 1 unspecified atom stereocenters. The first-order valence-electron chi connectivity index (χ1n) is 5.47. The van der Waals surface area contributed by atoms with E-state index in [0.717, 1.165) is 4.88 Å². The molecule has 3 N–H and O–H groups in total. The van der Waals surface area contributed by atoms with Crippen LogP contribution in [0.3, 0.4) is 0 Å². The molecule has 18 heavy (non-hydrogen) atoms. The number of hydrogen-bond acceptors (Lipinski definition) is 3. The Morgan fingerprint density at radius 1 is 1.44 bits per heavy atom. The quantitative estimate of drug-likeness (QED) is 0.846. The van der Waals surface area contributed by atoms with Gasteiger partial charge in [0.1, 0.15) is 0 Å². The Labute approximate surface area is 115 Å². The maximum absolute atomic E-state index is 12.1. The Balaban J connectivity index is 2.15. The molecule has 0 aliphatic heterocycles. The van der Waals surface area contributed by atoms with Gasteiger partial charge in [-0.1, -0.05) is 17.7 Å². The summed E-state index contributed by atoms with van der Waals surface area (Å²) < 4.78 is 0. The Bertz CT molecular complexity index is 554. The van der Waals surface area contributed by atoms with Gasteiger partial charge in [0, 0.05) is 15.6 Å². The zero-order valence-corrected chi connectivity index (χ0v) is 11.4. The lowest BCUT2D eigenvalue weighted by atomic mass is 10.1. The first-order chi connectivity index (χ1) is 8.58. The SMILES string of the molecule is CC(NC(=O)c1cc(Cl)ccc1N)c1cccs1. The number of nitrogens with one attached hydrogen (secondary N) is 1. The molecule has 3 nitrogen and oxygen atoms in total. The summed E-state index contributed by atoms with van der Waals surface area (Å²) in [6, 6.07) is 8.76. The Morgan fingerprint density at radius 3 is 2.89 bits per heavy atom. The summed E-state index contributed by atoms with van der Waals surface area (Å²) in [5, 5.41) is 5.38. The minimum absolute atomic E-state index is 0.0455. The number of anilines is 1. The van der Waals surface area contributed by atoms with Gasteiger partial charge in [-0.3, -0.25) is 4.79 Å². The van der Waals surface area contributed by atoms with Crippen molar-refractivity contribution < 1.29 is 4.79 Å². The number of carbonyl (C=O) groups excluding carboxylic acids is 1. The highest BCUT2D eigenvalue weighted by Crippen LogP contribution is 2.21. The molecular formula is C13H13ClN2OS. The van der Waals surface area contributed by atoms with E-state index in [1.807, 2.05) is 24.4 Å². The fourth-order valence-corrected chi connectivity index (χ4v) is 2.51. The molecular weight excluding hydrogens is 268 g/mol. The third kappa shape index (κ3) is 2.83. The molecule has 2 aromatic rings. The maximum Gasteiger partial charge on any atom is 0.253 e. The zero-order chi connectivity index (χ0) is 13.1. The van der Waals surface area contributed by atoms with Gasteiger partial charge in [0.2, 0.25) is 0 Å². The van der Waals surface area contributed by atoms with E-state index in [4.69, 9.17) is 17.3 Å². The van der Waals surface area contributed by atoms with Crippen molar-refractivity contribution in [2.45, 2.75) is 13.0 Å². The average molecular weight is 281 g/mol. The summed E-state index contributed by atoms with van der Waals surface area (Å²) in [6.07, 6.45) is 0. The fraction of sp³-hybridized carbons (Fsp3) is 0.154. The highest BCUT2D eigenvalue weighted by Gasteiger charge is 2.14. The number of rotatable bonds is 3. The molecule has 0 spiro atoms. The molecule has 0 aliphatic rings. The molecule has 1 aromatic carbocycles. The van der Waals surface area contributed by atoms with E-state index in [9.17, 15) is 4.79 Å². The van der Waals surface area contributed by atoms with Crippen molar-refractivity contribution in [2.75, 3.05) is 5.73 Å². The van der Waals surface area contributed by atoms with E-state index >= 15 is 0 Å². The van der Waals surface area contributed by atoms with Gasteiger partial charge < -0.3 is 11.1 Å². The van der Waals surface area contributed by atoms with Crippen LogP contribution in [0.25, 0.3) is 0 Å². The molecule has 0 saturated carbocycles. The van der Waals surface area contributed by atoms with Gasteiger partial charge in [0.25, 0.3) is 5.91 Å². The molecule has 2 rings (SSSR count). The number of benzene rings is 1. The molecule has 1 heterocycles. The summed E-state index contributed by atoms with van der Waals surface area (Å²) in [5.74, 6) is -0.212. The van der Waals surface area contributed by atoms with Crippen LogP contribution >= 0.6 is 22.9 Å². The topological polar surface area (TPSA) is 55.1 Å². The van der Waals surface area contributed by atoms with E-state index in [-0.39, 0.29) is 11.9 Å². The molecule has 0 bridgehead atoms. The number of thiophene rings is 1. The summed E-state index contributed by atoms with van der Waals surface area (Å²) in [7, 11) is 0. The predicted octanol–water partition coefficient (Wildman–Crippen LogP) is 3.47. The van der Waals surface area contributed by atoms with Crippen molar-refractivity contribution in [3.05, 3.63) is 51.2 Å². The molecule has 1 amide bonds. The van der Waals surface area contributed by atoms with Crippen LogP contribution in [0.5, 0.6) is 0 Å². The second-order valence-corrected chi connectivity index (χ2v) is 5.36. The lowest BCUT2D eigenvalue weighted by Gasteiger charge is -2.13. The van der Waals surface area contributed by atoms with E-state index in [2.05, 4.69) is 5.32 Å². The molecule has 0 fully saturated rings. The highest BCUT2D eigenvalue weighted by atomic mass is 35.5. The number of halogens is 1. The van der Waals surface area contributed by atoms with E-state index in [1.54, 1.807) is 29.5 Å². The van der Waals surface area contributed by atoms with Crippen LogP contribution in [-0.4, -0.2) is 5.91 Å². The van der Waals surface area contributed by atoms with Crippen molar-refractivity contribution >= 4 is 34.5 Å². The Morgan fingerprint density at radius 2 is 2.22 bits per heavy atom. The first-order valence-corrected chi connectivity index (χ1v) is 6.73. The molecule has 0 radical (unpaired) electrons. The van der Waals surface area contributed by atoms with Crippen LogP contribution in [0.15, 0.2) is 35.7 Å². The number of hydrogen-bond donors (Lipinski definition) is 2. The second kappa shape index (κ2) is 5.42. The van der Waals surface area contributed by atoms with Crippen molar-refractivity contribution in [2.24, 2.45) is 0 Å². The molecule has 1 aromatic heterocycles. The molecule has 5 heteroatoms. The number of nitrogen functional groups attached to an aromatic ring is 1. The summed E-state index contributed by atoms with van der Waals surface area (Å²) in [4.78, 5) is 13.2. The summed E-state index contributed by atoms with van der Waals surface area (Å²) in [5.41, 5.74) is 6.60. The van der Waals surface area contributed by atoms with E-state index < -0.39 is 0 Å². The third-order valence-corrected chi connectivity index (χ3v) is 3.87. The van der Waals surface area contributed by atoms with Crippen molar-refractivity contribution in [3.8, 4) is 0 Å². The van der Waals surface area contributed by atoms with Gasteiger partial charge in [-0.05, 0) is 36.6 Å². The van der Waals surface area contributed by atoms with Crippen molar-refractivity contribution in [1.82, 2.24) is 5.32 Å². The summed E-state index contributed by atoms with van der Waals surface area (Å²) in [6.45, 7) is 1.93. The minimum Gasteiger partial charge on any atom is -0.398 e. The number of carbonyl (C=O) groups is 1. The number of amides is 1. The van der Waals surface area contributed by atoms with Crippen LogP contribution in [0.4, 0.5) is 5.69 Å². The average Bonchev–Trinajstić information content (AvgIpc) is 2.85. The minimum atomic E-state index is -0.212. The Kier molecular flexibility index (Phi) is 3.89. The first kappa shape index (κ1) is 12.9. The van der Waals surface area contributed by atoms with Gasteiger partial charge >= 0.3 is 0 Å². The largest absolute Gasteiger partial charge is 0.398 e. The maximum atomic E-state index is 12.1. The van der Waals surface area contributed by atoms with Gasteiger partial charge in [-0.15, -0.1) is 11.3 Å². The Hall–Kier alpha value is -1.52. The predicted molar refractivity (Wildman–Crippen MR) is 76.1 cm³/mol. The van der Waals surface area contributed by atoms with Crippen LogP contribution in [0, 0.1) is 0 Å². The monoisotopic (exact) mass is 280 g/mol. The molecule has 94 valence electrons. The normalized spacial score (nSPS) is 12.1. The van der Waals surface area contributed by atoms with Gasteiger partial charge in [-0.2, -0.15) is 0 Å². The van der Waals surface area contributed by atoms with E-state index in [0.29, 0.717) is 16.3 Å². The standard InChI is InChI=1S/C13H13ClN2OS/c1-8(12-3-2-6-18-12)16-13(17)10-7-9(14)4-5-11(10)15/h2-8H,15H2,1H3,(H,16,17). The molecule has 0 saturated heterocycles. The molecule has 1 atom stereocenters. The summed E-state index contributed by atoms with van der Waals surface area (Å²) >= 11 is 7.47. The van der Waals surface area contributed by atoms with Crippen LogP contribution in [-0.2, 0) is 0 Å².